The van der Waals surface area contributed by atoms with Crippen LogP contribution in [0, 0.1) is 5.92 Å². The summed E-state index contributed by atoms with van der Waals surface area (Å²) in [7, 11) is 0. The van der Waals surface area contributed by atoms with Crippen molar-refractivity contribution in [1.82, 2.24) is 5.43 Å². The van der Waals surface area contributed by atoms with Gasteiger partial charge in [0.2, 0.25) is 0 Å². The molecule has 0 aromatic heterocycles. The number of nitrogens with two attached hydrogens (primary N) is 1. The Morgan fingerprint density at radius 1 is 1.10 bits per heavy atom. The molecule has 2 aliphatic rings. The minimum Gasteiger partial charge on any atom is -0.493 e. The monoisotopic (exact) mass is 274 g/mol. The highest BCUT2D eigenvalue weighted by molar-refractivity contribution is 5.44. The van der Waals surface area contributed by atoms with Crippen LogP contribution in [-0.4, -0.2) is 6.61 Å². The van der Waals surface area contributed by atoms with Crippen molar-refractivity contribution >= 4 is 0 Å². The third kappa shape index (κ3) is 2.84. The molecule has 3 nitrogen and oxygen atoms in total. The van der Waals surface area contributed by atoms with Gasteiger partial charge < -0.3 is 4.74 Å². The highest BCUT2D eigenvalue weighted by Gasteiger charge is 2.27. The van der Waals surface area contributed by atoms with E-state index in [0.717, 1.165) is 25.2 Å². The van der Waals surface area contributed by atoms with Crippen molar-refractivity contribution in [2.45, 2.75) is 57.4 Å². The third-order valence-corrected chi connectivity index (χ3v) is 4.85. The molecule has 3 heteroatoms. The lowest BCUT2D eigenvalue weighted by atomic mass is 9.85. The Morgan fingerprint density at radius 2 is 1.90 bits per heavy atom. The minimum atomic E-state index is 0.237. The SMILES string of the molecule is NNC(c1cccc2c1OCCC2)C1CCCCCC1. The van der Waals surface area contributed by atoms with E-state index in [-0.39, 0.29) is 6.04 Å². The molecule has 1 aliphatic heterocycles. The van der Waals surface area contributed by atoms with Crippen LogP contribution in [0.25, 0.3) is 0 Å². The molecule has 0 saturated heterocycles. The second kappa shape index (κ2) is 6.59. The lowest BCUT2D eigenvalue weighted by Gasteiger charge is -2.30. The summed E-state index contributed by atoms with van der Waals surface area (Å²) in [5, 5.41) is 0. The smallest absolute Gasteiger partial charge is 0.127 e. The number of hydrazine groups is 1. The molecule has 3 rings (SSSR count). The molecular formula is C17H26N2O. The summed E-state index contributed by atoms with van der Waals surface area (Å²) in [5.74, 6) is 7.66. The van der Waals surface area contributed by atoms with Crippen LogP contribution >= 0.6 is 0 Å². The van der Waals surface area contributed by atoms with Crippen molar-refractivity contribution in [3.8, 4) is 5.75 Å². The first-order valence-corrected chi connectivity index (χ1v) is 8.11. The van der Waals surface area contributed by atoms with Gasteiger partial charge in [0.15, 0.2) is 0 Å². The van der Waals surface area contributed by atoms with Crippen molar-refractivity contribution in [3.63, 3.8) is 0 Å². The maximum atomic E-state index is 5.96. The van der Waals surface area contributed by atoms with Crippen LogP contribution in [0.2, 0.25) is 0 Å². The average molecular weight is 274 g/mol. The summed E-state index contributed by atoms with van der Waals surface area (Å²) in [6, 6.07) is 6.78. The summed E-state index contributed by atoms with van der Waals surface area (Å²) in [6.45, 7) is 0.839. The lowest BCUT2D eigenvalue weighted by molar-refractivity contribution is 0.268. The molecule has 1 heterocycles. The first kappa shape index (κ1) is 13.9. The highest BCUT2D eigenvalue weighted by atomic mass is 16.5. The topological polar surface area (TPSA) is 47.3 Å². The Kier molecular flexibility index (Phi) is 4.58. The Bertz CT molecular complexity index is 439. The van der Waals surface area contributed by atoms with E-state index >= 15 is 0 Å². The predicted octanol–water partition coefficient (Wildman–Crippen LogP) is 3.49. The fourth-order valence-electron chi connectivity index (χ4n) is 3.78. The summed E-state index contributed by atoms with van der Waals surface area (Å²) in [5.41, 5.74) is 5.71. The largest absolute Gasteiger partial charge is 0.493 e. The fourth-order valence-corrected chi connectivity index (χ4v) is 3.78. The molecule has 20 heavy (non-hydrogen) atoms. The Morgan fingerprint density at radius 3 is 2.65 bits per heavy atom. The molecule has 1 fully saturated rings. The molecule has 0 bridgehead atoms. The number of rotatable bonds is 3. The molecule has 1 aliphatic carbocycles. The first-order valence-electron chi connectivity index (χ1n) is 8.11. The number of benzene rings is 1. The number of hydrogen-bond acceptors (Lipinski definition) is 3. The maximum absolute atomic E-state index is 5.96. The van der Waals surface area contributed by atoms with Gasteiger partial charge in [-0.1, -0.05) is 43.9 Å². The average Bonchev–Trinajstić information content (AvgIpc) is 2.78. The van der Waals surface area contributed by atoms with Crippen molar-refractivity contribution in [2.24, 2.45) is 11.8 Å². The summed E-state index contributed by atoms with van der Waals surface area (Å²) < 4.78 is 5.96. The lowest BCUT2D eigenvalue weighted by Crippen LogP contribution is -2.34. The van der Waals surface area contributed by atoms with Crippen LogP contribution in [-0.2, 0) is 6.42 Å². The van der Waals surface area contributed by atoms with Crippen LogP contribution in [0.5, 0.6) is 5.75 Å². The van der Waals surface area contributed by atoms with E-state index in [4.69, 9.17) is 10.6 Å². The summed E-state index contributed by atoms with van der Waals surface area (Å²) >= 11 is 0. The van der Waals surface area contributed by atoms with E-state index in [1.54, 1.807) is 0 Å². The van der Waals surface area contributed by atoms with E-state index < -0.39 is 0 Å². The fraction of sp³-hybridized carbons (Fsp3) is 0.647. The van der Waals surface area contributed by atoms with Crippen molar-refractivity contribution < 1.29 is 4.74 Å². The third-order valence-electron chi connectivity index (χ3n) is 4.85. The molecule has 0 spiro atoms. The minimum absolute atomic E-state index is 0.237. The van der Waals surface area contributed by atoms with Crippen LogP contribution in [0.3, 0.4) is 0 Å². The van der Waals surface area contributed by atoms with Gasteiger partial charge in [0, 0.05) is 5.56 Å². The van der Waals surface area contributed by atoms with Crippen molar-refractivity contribution in [1.29, 1.82) is 0 Å². The van der Waals surface area contributed by atoms with Crippen LogP contribution < -0.4 is 16.0 Å². The van der Waals surface area contributed by atoms with E-state index in [1.807, 2.05) is 0 Å². The number of nitrogens with one attached hydrogen (secondary N) is 1. The second-order valence-corrected chi connectivity index (χ2v) is 6.18. The van der Waals surface area contributed by atoms with Gasteiger partial charge in [0.1, 0.15) is 5.75 Å². The zero-order valence-electron chi connectivity index (χ0n) is 12.2. The maximum Gasteiger partial charge on any atom is 0.127 e. The second-order valence-electron chi connectivity index (χ2n) is 6.18. The highest BCUT2D eigenvalue weighted by Crippen LogP contribution is 2.39. The number of hydrogen-bond donors (Lipinski definition) is 2. The van der Waals surface area contributed by atoms with Crippen molar-refractivity contribution in [3.05, 3.63) is 29.3 Å². The molecule has 0 radical (unpaired) electrons. The zero-order chi connectivity index (χ0) is 13.8. The molecule has 1 unspecified atom stereocenters. The molecule has 3 N–H and O–H groups in total. The number of fused-ring (bicyclic) bond motifs is 1. The molecule has 1 aromatic carbocycles. The van der Waals surface area contributed by atoms with Crippen LogP contribution in [0.1, 0.15) is 62.1 Å². The summed E-state index contributed by atoms with van der Waals surface area (Å²) in [6.07, 6.45) is 10.2. The molecule has 1 atom stereocenters. The summed E-state index contributed by atoms with van der Waals surface area (Å²) in [4.78, 5) is 0. The molecule has 110 valence electrons. The van der Waals surface area contributed by atoms with E-state index in [2.05, 4.69) is 23.6 Å². The predicted molar refractivity (Wildman–Crippen MR) is 81.5 cm³/mol. The number of ether oxygens (including phenoxy) is 1. The van der Waals surface area contributed by atoms with Gasteiger partial charge in [-0.3, -0.25) is 11.3 Å². The van der Waals surface area contributed by atoms with Gasteiger partial charge in [-0.2, -0.15) is 0 Å². The van der Waals surface area contributed by atoms with Crippen LogP contribution in [0.15, 0.2) is 18.2 Å². The Balaban J connectivity index is 1.88. The Hall–Kier alpha value is -1.06. The quantitative estimate of drug-likeness (QED) is 0.504. The van der Waals surface area contributed by atoms with E-state index in [9.17, 15) is 0 Å². The molecule has 0 amide bonds. The Labute approximate surface area is 121 Å². The molecule has 1 aromatic rings. The van der Waals surface area contributed by atoms with Gasteiger partial charge in [0.25, 0.3) is 0 Å². The first-order chi connectivity index (χ1) is 9.90. The standard InChI is InChI=1S/C17H26N2O/c18-19-16(13-7-3-1-2-4-8-13)15-11-5-9-14-10-6-12-20-17(14)15/h5,9,11,13,16,19H,1-4,6-8,10,12,18H2. The van der Waals surface area contributed by atoms with Gasteiger partial charge in [-0.25, -0.2) is 0 Å². The van der Waals surface area contributed by atoms with Gasteiger partial charge in [-0.05, 0) is 37.2 Å². The molecule has 1 saturated carbocycles. The van der Waals surface area contributed by atoms with Gasteiger partial charge in [0.05, 0.1) is 12.6 Å². The van der Waals surface area contributed by atoms with Gasteiger partial charge >= 0.3 is 0 Å². The van der Waals surface area contributed by atoms with Crippen LogP contribution in [0.4, 0.5) is 0 Å². The normalized spacial score (nSPS) is 21.6. The zero-order valence-corrected chi connectivity index (χ0v) is 12.2. The van der Waals surface area contributed by atoms with E-state index in [0.29, 0.717) is 5.92 Å². The number of para-hydroxylation sites is 1. The molecular weight excluding hydrogens is 248 g/mol. The number of aryl methyl sites for hydroxylation is 1. The van der Waals surface area contributed by atoms with E-state index in [1.165, 1.54) is 49.7 Å². The van der Waals surface area contributed by atoms with Gasteiger partial charge in [-0.15, -0.1) is 0 Å². The van der Waals surface area contributed by atoms with Crippen molar-refractivity contribution in [2.75, 3.05) is 6.61 Å².